The second-order valence-corrected chi connectivity index (χ2v) is 6.48. The number of carbonyl (C=O) groups excluding carboxylic acids is 1. The van der Waals surface area contributed by atoms with Crippen LogP contribution in [0.3, 0.4) is 0 Å². The van der Waals surface area contributed by atoms with Gasteiger partial charge in [0.1, 0.15) is 17.8 Å². The van der Waals surface area contributed by atoms with Crippen LogP contribution in [0.2, 0.25) is 0 Å². The highest BCUT2D eigenvalue weighted by molar-refractivity contribution is 5.97. The van der Waals surface area contributed by atoms with Crippen LogP contribution in [0.4, 0.5) is 0 Å². The van der Waals surface area contributed by atoms with Gasteiger partial charge in [-0.2, -0.15) is 0 Å². The standard InChI is InChI=1S/C20H15N5O3/c1-11(26)15-12(2)28-20-17(16(15)14-4-3-9-27-14)19-23-18(24-25(19)10-22-20)13-5-7-21-8-6-13/h3-10,16H,1-2H3. The highest BCUT2D eigenvalue weighted by Crippen LogP contribution is 2.44. The lowest BCUT2D eigenvalue weighted by Gasteiger charge is -2.26. The molecule has 1 atom stereocenters. The van der Waals surface area contributed by atoms with Crippen molar-refractivity contribution in [1.82, 2.24) is 24.6 Å². The summed E-state index contributed by atoms with van der Waals surface area (Å²) in [6, 6.07) is 7.29. The molecule has 0 fully saturated rings. The highest BCUT2D eigenvalue weighted by Gasteiger charge is 2.37. The Balaban J connectivity index is 1.79. The van der Waals surface area contributed by atoms with Crippen molar-refractivity contribution in [3.63, 3.8) is 0 Å². The summed E-state index contributed by atoms with van der Waals surface area (Å²) in [4.78, 5) is 25.6. The van der Waals surface area contributed by atoms with Crippen molar-refractivity contribution >= 4 is 11.4 Å². The van der Waals surface area contributed by atoms with Gasteiger partial charge in [0.25, 0.3) is 0 Å². The number of pyridine rings is 1. The van der Waals surface area contributed by atoms with Crippen molar-refractivity contribution in [2.24, 2.45) is 0 Å². The molecule has 0 aromatic carbocycles. The lowest BCUT2D eigenvalue weighted by Crippen LogP contribution is -2.21. The van der Waals surface area contributed by atoms with E-state index < -0.39 is 5.92 Å². The first-order valence-corrected chi connectivity index (χ1v) is 8.72. The zero-order valence-electron chi connectivity index (χ0n) is 15.2. The van der Waals surface area contributed by atoms with Crippen LogP contribution in [0.15, 0.2) is 65.0 Å². The van der Waals surface area contributed by atoms with E-state index in [1.54, 1.807) is 42.5 Å². The third-order valence-corrected chi connectivity index (χ3v) is 4.74. The molecule has 0 amide bonds. The van der Waals surface area contributed by atoms with E-state index >= 15 is 0 Å². The third kappa shape index (κ3) is 2.42. The van der Waals surface area contributed by atoms with E-state index in [9.17, 15) is 4.79 Å². The van der Waals surface area contributed by atoms with Crippen LogP contribution in [-0.4, -0.2) is 30.3 Å². The fraction of sp³-hybridized carbons (Fsp3) is 0.150. The molecule has 0 bridgehead atoms. The first kappa shape index (κ1) is 16.4. The Bertz CT molecular complexity index is 1230. The number of furan rings is 1. The number of aromatic nitrogens is 5. The fourth-order valence-corrected chi connectivity index (χ4v) is 3.56. The Labute approximate surface area is 159 Å². The van der Waals surface area contributed by atoms with Crippen LogP contribution in [-0.2, 0) is 4.79 Å². The molecule has 1 aliphatic rings. The molecule has 0 saturated heterocycles. The lowest BCUT2D eigenvalue weighted by molar-refractivity contribution is -0.114. The fourth-order valence-electron chi connectivity index (χ4n) is 3.56. The van der Waals surface area contributed by atoms with Gasteiger partial charge in [-0.05, 0) is 38.1 Å². The summed E-state index contributed by atoms with van der Waals surface area (Å²) in [5.41, 5.74) is 2.56. The van der Waals surface area contributed by atoms with Gasteiger partial charge in [0.05, 0.1) is 17.7 Å². The van der Waals surface area contributed by atoms with Crippen molar-refractivity contribution in [3.05, 3.63) is 71.9 Å². The second-order valence-electron chi connectivity index (χ2n) is 6.48. The van der Waals surface area contributed by atoms with Crippen molar-refractivity contribution in [3.8, 4) is 17.3 Å². The van der Waals surface area contributed by atoms with Crippen LogP contribution >= 0.6 is 0 Å². The summed E-state index contributed by atoms with van der Waals surface area (Å²) < 4.78 is 13.1. The van der Waals surface area contributed by atoms with Gasteiger partial charge in [-0.3, -0.25) is 9.78 Å². The summed E-state index contributed by atoms with van der Waals surface area (Å²) >= 11 is 0. The largest absolute Gasteiger partial charge is 0.468 e. The molecule has 28 heavy (non-hydrogen) atoms. The number of ketones is 1. The van der Waals surface area contributed by atoms with Crippen LogP contribution in [0.25, 0.3) is 17.0 Å². The number of ether oxygens (including phenoxy) is 1. The zero-order valence-corrected chi connectivity index (χ0v) is 15.2. The number of rotatable bonds is 3. The van der Waals surface area contributed by atoms with Gasteiger partial charge in [-0.1, -0.05) is 0 Å². The van der Waals surface area contributed by atoms with E-state index in [2.05, 4.69) is 15.1 Å². The van der Waals surface area contributed by atoms with Gasteiger partial charge in [0.15, 0.2) is 17.3 Å². The van der Waals surface area contributed by atoms with Gasteiger partial charge < -0.3 is 9.15 Å². The molecule has 1 unspecified atom stereocenters. The van der Waals surface area contributed by atoms with Crippen molar-refractivity contribution in [2.45, 2.75) is 19.8 Å². The number of hydrogen-bond donors (Lipinski definition) is 0. The van der Waals surface area contributed by atoms with Gasteiger partial charge >= 0.3 is 0 Å². The number of carbonyl (C=O) groups is 1. The molecule has 0 aliphatic carbocycles. The Morgan fingerprint density at radius 3 is 2.75 bits per heavy atom. The molecular formula is C20H15N5O3. The van der Waals surface area contributed by atoms with E-state index in [4.69, 9.17) is 14.1 Å². The normalized spacial score (nSPS) is 16.1. The molecule has 5 rings (SSSR count). The summed E-state index contributed by atoms with van der Waals surface area (Å²) in [7, 11) is 0. The quantitative estimate of drug-likeness (QED) is 0.544. The summed E-state index contributed by atoms with van der Waals surface area (Å²) in [6.07, 6.45) is 6.50. The van der Waals surface area contributed by atoms with Gasteiger partial charge in [-0.25, -0.2) is 14.5 Å². The topological polar surface area (TPSA) is 95.4 Å². The molecule has 5 heterocycles. The summed E-state index contributed by atoms with van der Waals surface area (Å²) in [6.45, 7) is 3.27. The van der Waals surface area contributed by atoms with Crippen molar-refractivity contribution < 1.29 is 13.9 Å². The zero-order chi connectivity index (χ0) is 19.3. The molecule has 0 spiro atoms. The number of Topliss-reactive ketones (excluding diaryl/α,β-unsaturated/α-hetero) is 1. The van der Waals surface area contributed by atoms with Gasteiger partial charge in [-0.15, -0.1) is 5.10 Å². The van der Waals surface area contributed by atoms with Gasteiger partial charge in [0, 0.05) is 23.5 Å². The molecule has 138 valence electrons. The minimum absolute atomic E-state index is 0.0968. The van der Waals surface area contributed by atoms with Crippen molar-refractivity contribution in [2.75, 3.05) is 0 Å². The maximum absolute atomic E-state index is 12.4. The predicted octanol–water partition coefficient (Wildman–Crippen LogP) is 3.17. The first-order valence-electron chi connectivity index (χ1n) is 8.72. The van der Waals surface area contributed by atoms with Crippen LogP contribution in [0, 0.1) is 0 Å². The Morgan fingerprint density at radius 2 is 2.04 bits per heavy atom. The Morgan fingerprint density at radius 1 is 1.21 bits per heavy atom. The molecular weight excluding hydrogens is 358 g/mol. The SMILES string of the molecule is CC(=O)C1=C(C)Oc2ncn3nc(-c4ccncc4)nc3c2C1c1ccco1. The highest BCUT2D eigenvalue weighted by atomic mass is 16.5. The lowest BCUT2D eigenvalue weighted by atomic mass is 9.85. The predicted molar refractivity (Wildman–Crippen MR) is 98.6 cm³/mol. The van der Waals surface area contributed by atoms with E-state index in [0.717, 1.165) is 5.56 Å². The van der Waals surface area contributed by atoms with Crippen LogP contribution in [0.5, 0.6) is 5.88 Å². The number of nitrogens with zero attached hydrogens (tertiary/aromatic N) is 5. The second kappa shape index (κ2) is 6.12. The molecule has 4 aromatic heterocycles. The van der Waals surface area contributed by atoms with E-state index in [0.29, 0.717) is 40.0 Å². The minimum Gasteiger partial charge on any atom is -0.468 e. The monoisotopic (exact) mass is 373 g/mol. The molecule has 8 nitrogen and oxygen atoms in total. The average Bonchev–Trinajstić information content (AvgIpc) is 3.37. The number of hydrogen-bond acceptors (Lipinski definition) is 7. The summed E-state index contributed by atoms with van der Waals surface area (Å²) in [5, 5.41) is 4.52. The van der Waals surface area contributed by atoms with E-state index in [-0.39, 0.29) is 5.78 Å². The molecule has 0 saturated carbocycles. The number of fused-ring (bicyclic) bond motifs is 3. The Kier molecular flexibility index (Phi) is 3.58. The van der Waals surface area contributed by atoms with E-state index in [1.807, 2.05) is 18.2 Å². The molecule has 0 radical (unpaired) electrons. The smallest absolute Gasteiger partial charge is 0.228 e. The third-order valence-electron chi connectivity index (χ3n) is 4.74. The van der Waals surface area contributed by atoms with Crippen LogP contribution < -0.4 is 4.74 Å². The number of allylic oxidation sites excluding steroid dienone is 2. The van der Waals surface area contributed by atoms with Crippen LogP contribution in [0.1, 0.15) is 31.1 Å². The average molecular weight is 373 g/mol. The van der Waals surface area contributed by atoms with Crippen molar-refractivity contribution in [1.29, 1.82) is 0 Å². The molecule has 8 heteroatoms. The molecule has 1 aliphatic heterocycles. The maximum Gasteiger partial charge on any atom is 0.228 e. The first-order chi connectivity index (χ1) is 13.6. The molecule has 0 N–H and O–H groups in total. The van der Waals surface area contributed by atoms with E-state index in [1.165, 1.54) is 6.92 Å². The maximum atomic E-state index is 12.4. The summed E-state index contributed by atoms with van der Waals surface area (Å²) in [5.74, 6) is 1.49. The molecule has 4 aromatic rings. The van der Waals surface area contributed by atoms with Gasteiger partial charge in [0.2, 0.25) is 5.88 Å². The Hall–Kier alpha value is -3.81. The minimum atomic E-state index is -0.470.